The Kier molecular flexibility index (Phi) is 12.1. The summed E-state index contributed by atoms with van der Waals surface area (Å²) in [5, 5.41) is 38.3. The number of fused-ring (bicyclic) bond motifs is 2. The molecule has 4 aliphatic rings. The smallest absolute Gasteiger partial charge is 0.548 e. The minimum absolute atomic E-state index is 0. The summed E-state index contributed by atoms with van der Waals surface area (Å²) in [4.78, 5) is 82.6. The van der Waals surface area contributed by atoms with E-state index in [-0.39, 0.29) is 64.8 Å². The first-order chi connectivity index (χ1) is 24.2. The largest absolute Gasteiger partial charge is 1.00 e. The molecule has 0 bridgehead atoms. The summed E-state index contributed by atoms with van der Waals surface area (Å²) in [6, 6.07) is 3.00. The number of carbonyl (C=O) groups excluding carboxylic acids is 5. The first kappa shape index (κ1) is 41.7. The van der Waals surface area contributed by atoms with Gasteiger partial charge in [-0.15, -0.1) is 23.1 Å². The van der Waals surface area contributed by atoms with E-state index in [1.165, 1.54) is 44.8 Å². The Balaban J connectivity index is 0.000000327. The van der Waals surface area contributed by atoms with Gasteiger partial charge in [-0.2, -0.15) is 0 Å². The summed E-state index contributed by atoms with van der Waals surface area (Å²) in [6.45, 7) is 5.37. The minimum atomic E-state index is -3.61. The Morgan fingerprint density at radius 2 is 1.83 bits per heavy atom. The van der Waals surface area contributed by atoms with Crippen molar-refractivity contribution in [2.75, 3.05) is 11.5 Å². The molecule has 2 aromatic rings. The number of carboxylic acids is 3. The van der Waals surface area contributed by atoms with E-state index in [0.29, 0.717) is 11.3 Å². The van der Waals surface area contributed by atoms with Crippen molar-refractivity contribution in [2.24, 2.45) is 5.16 Å². The molecule has 3 fully saturated rings. The fourth-order valence-electron chi connectivity index (χ4n) is 5.77. The predicted octanol–water partition coefficient (Wildman–Crippen LogP) is -6.42. The van der Waals surface area contributed by atoms with E-state index in [4.69, 9.17) is 10.6 Å². The first-order valence-corrected chi connectivity index (χ1v) is 18.8. The average molecular weight is 802 g/mol. The van der Waals surface area contributed by atoms with Gasteiger partial charge in [0, 0.05) is 28.8 Å². The van der Waals surface area contributed by atoms with Crippen molar-refractivity contribution in [1.29, 1.82) is 0 Å². The number of oxime groups is 1. The molecule has 0 aliphatic carbocycles. The fourth-order valence-corrected chi connectivity index (χ4v) is 9.78. The fraction of sp³-hybridized carbons (Fsp3) is 0.433. The molecule has 3 saturated heterocycles. The number of carbonyl (C=O) groups is 6. The van der Waals surface area contributed by atoms with Crippen LogP contribution in [-0.4, -0.2) is 109 Å². The van der Waals surface area contributed by atoms with Crippen LogP contribution in [0.1, 0.15) is 39.8 Å². The van der Waals surface area contributed by atoms with Gasteiger partial charge in [0.25, 0.3) is 11.8 Å². The summed E-state index contributed by atoms with van der Waals surface area (Å²) in [7, 11) is -3.61. The van der Waals surface area contributed by atoms with Crippen molar-refractivity contribution in [3.05, 3.63) is 52.9 Å². The monoisotopic (exact) mass is 801 g/mol. The first-order valence-electron chi connectivity index (χ1n) is 15.3. The van der Waals surface area contributed by atoms with Gasteiger partial charge in [-0.05, 0) is 27.7 Å². The number of aromatic nitrogens is 2. The number of hydrogen-bond acceptors (Lipinski definition) is 16. The number of pyridine rings is 1. The predicted molar refractivity (Wildman–Crippen MR) is 177 cm³/mol. The number of rotatable bonds is 10. The van der Waals surface area contributed by atoms with Gasteiger partial charge in [-0.1, -0.05) is 11.2 Å². The summed E-state index contributed by atoms with van der Waals surface area (Å²) in [5.74, 6) is -5.96. The molecule has 4 aliphatic heterocycles. The second-order valence-corrected chi connectivity index (χ2v) is 17.6. The number of amides is 3. The molecule has 4 atom stereocenters. The van der Waals surface area contributed by atoms with Crippen molar-refractivity contribution in [3.8, 4) is 0 Å². The number of nitrogen functional groups attached to an aromatic ring is 1. The van der Waals surface area contributed by atoms with Gasteiger partial charge in [0.2, 0.25) is 11.5 Å². The van der Waals surface area contributed by atoms with Crippen molar-refractivity contribution in [3.63, 3.8) is 0 Å². The Hall–Kier alpha value is -4.09. The molecule has 6 heterocycles. The number of nitrogens with two attached hydrogens (primary N) is 1. The van der Waals surface area contributed by atoms with Crippen LogP contribution in [0, 0.1) is 0 Å². The van der Waals surface area contributed by atoms with Crippen LogP contribution in [0.5, 0.6) is 0 Å². The molecule has 0 spiro atoms. The second kappa shape index (κ2) is 15.3. The SMILES string of the molecule is CC(C)(O/N=C(\C(=O)N[C@@H]1C(=O)N2C(C(=O)[O-])=C(C[n+]3ccccc3)CS[C@H]12)c1csc(N)n1)C(=O)O.CC1(C)[C@H](C(=O)[O-])N2C(=O)C[C@H]2S1(=O)=O.[Na+]. The number of β-lactam (4-membered cyclic amide) rings is 2. The Bertz CT molecular complexity index is 2040. The van der Waals surface area contributed by atoms with Crippen LogP contribution in [0.4, 0.5) is 5.13 Å². The third-order valence-electron chi connectivity index (χ3n) is 8.74. The number of thioether (sulfide) groups is 1. The molecule has 3 amide bonds. The molecule has 278 valence electrons. The Morgan fingerprint density at radius 1 is 1.19 bits per heavy atom. The van der Waals surface area contributed by atoms with Gasteiger partial charge in [0.15, 0.2) is 39.6 Å². The number of nitrogens with zero attached hydrogens (tertiary/aromatic N) is 5. The van der Waals surface area contributed by atoms with Gasteiger partial charge < -0.3 is 45.7 Å². The van der Waals surface area contributed by atoms with Crippen molar-refractivity contribution < 1.29 is 91.5 Å². The van der Waals surface area contributed by atoms with Crippen LogP contribution in [0.2, 0.25) is 0 Å². The van der Waals surface area contributed by atoms with Crippen LogP contribution in [0.15, 0.2) is 52.4 Å². The zero-order valence-corrected chi connectivity index (χ0v) is 33.3. The Labute approximate surface area is 332 Å². The van der Waals surface area contributed by atoms with E-state index in [1.54, 1.807) is 29.1 Å². The van der Waals surface area contributed by atoms with Gasteiger partial charge >= 0.3 is 35.5 Å². The Morgan fingerprint density at radius 3 is 2.34 bits per heavy atom. The minimum Gasteiger partial charge on any atom is -0.548 e. The summed E-state index contributed by atoms with van der Waals surface area (Å²) in [5.41, 5.74) is 3.83. The maximum atomic E-state index is 13.1. The average Bonchev–Trinajstić information content (AvgIpc) is 3.54. The normalized spacial score (nSPS) is 23.9. The number of sulfone groups is 1. The van der Waals surface area contributed by atoms with E-state index in [2.05, 4.69) is 15.5 Å². The van der Waals surface area contributed by atoms with Crippen LogP contribution < -0.4 is 55.4 Å². The maximum absolute atomic E-state index is 13.1. The van der Waals surface area contributed by atoms with E-state index in [9.17, 15) is 52.5 Å². The molecule has 4 N–H and O–H groups in total. The summed E-state index contributed by atoms with van der Waals surface area (Å²) in [6.07, 6.45) is 3.43. The van der Waals surface area contributed by atoms with Crippen LogP contribution in [-0.2, 0) is 50.0 Å². The zero-order chi connectivity index (χ0) is 38.5. The van der Waals surface area contributed by atoms with Gasteiger partial charge in [-0.3, -0.25) is 19.3 Å². The molecule has 2 aromatic heterocycles. The molecule has 0 unspecified atom stereocenters. The number of carboxylic acid groups (broad SMARTS) is 3. The van der Waals surface area contributed by atoms with E-state index in [0.717, 1.165) is 21.1 Å². The molecule has 23 heteroatoms. The molecule has 19 nitrogen and oxygen atoms in total. The number of hydrogen-bond donors (Lipinski definition) is 3. The van der Waals surface area contributed by atoms with Crippen LogP contribution >= 0.6 is 23.1 Å². The topological polar surface area (TPSA) is 286 Å². The molecule has 0 saturated carbocycles. The van der Waals surface area contributed by atoms with Crippen molar-refractivity contribution in [2.45, 2.75) is 73.8 Å². The molecular formula is C30H32N7NaO12S3. The van der Waals surface area contributed by atoms with Gasteiger partial charge in [-0.25, -0.2) is 22.8 Å². The number of aliphatic carboxylic acids is 3. The van der Waals surface area contributed by atoms with Crippen LogP contribution in [0.3, 0.4) is 0 Å². The molecule has 0 aromatic carbocycles. The third kappa shape index (κ3) is 7.65. The number of thiazole rings is 1. The van der Waals surface area contributed by atoms with Crippen LogP contribution in [0.25, 0.3) is 0 Å². The number of nitrogens with one attached hydrogen (secondary N) is 1. The quantitative estimate of drug-likeness (QED) is 0.0662. The van der Waals surface area contributed by atoms with Crippen molar-refractivity contribution in [1.82, 2.24) is 20.1 Å². The molecule has 0 radical (unpaired) electrons. The molecular weight excluding hydrogens is 770 g/mol. The van der Waals surface area contributed by atoms with E-state index < -0.39 is 78.6 Å². The maximum Gasteiger partial charge on any atom is 1.00 e. The van der Waals surface area contributed by atoms with Gasteiger partial charge in [0.05, 0.1) is 34.8 Å². The third-order valence-corrected chi connectivity index (χ3v) is 13.6. The van der Waals surface area contributed by atoms with Gasteiger partial charge in [0.1, 0.15) is 22.5 Å². The zero-order valence-electron chi connectivity index (χ0n) is 28.9. The molecule has 53 heavy (non-hydrogen) atoms. The second-order valence-electron chi connectivity index (χ2n) is 12.9. The van der Waals surface area contributed by atoms with Crippen molar-refractivity contribution >= 4 is 79.4 Å². The standard InChI is InChI=1S/C22H22N6O7S2.C8H11NO5S.Na/c1-22(2,20(33)34)35-26-13(12-10-37-21(23)24-12)16(29)25-14-17(30)28-15(19(31)32)11(9-36-18(14)28)8-27-6-4-3-5-7-27;1-8(2)6(7(11)12)9-4(10)3-5(9)15(8,13)14;/h3-7,10,14,18H,8-9H2,1-2H3,(H4-,23,24,25,29,31,32,33,34);5-6H,3H2,1-2H3,(H,11,12);/q;;+1/p-1/b26-13-;;/t14-,18-;5-,6+;/m11./s1. The van der Waals surface area contributed by atoms with E-state index in [1.807, 2.05) is 6.07 Å². The summed E-state index contributed by atoms with van der Waals surface area (Å²) < 4.78 is 24.0. The molecule has 6 rings (SSSR count). The number of anilines is 1. The van der Waals surface area contributed by atoms with E-state index >= 15 is 0 Å². The summed E-state index contributed by atoms with van der Waals surface area (Å²) >= 11 is 2.32.